The molecule has 0 heterocycles. The molecule has 1 unspecified atom stereocenters. The van der Waals surface area contributed by atoms with Gasteiger partial charge in [-0.1, -0.05) is 0 Å². The van der Waals surface area contributed by atoms with Gasteiger partial charge in [-0.3, -0.25) is 9.59 Å². The lowest BCUT2D eigenvalue weighted by Gasteiger charge is -2.21. The van der Waals surface area contributed by atoms with E-state index < -0.39 is 17.6 Å². The molecule has 0 aromatic heterocycles. The fourth-order valence-electron chi connectivity index (χ4n) is 0.888. The van der Waals surface area contributed by atoms with Gasteiger partial charge in [-0.25, -0.2) is 0 Å². The van der Waals surface area contributed by atoms with Gasteiger partial charge in [0, 0.05) is 6.42 Å². The molecule has 0 aliphatic rings. The minimum absolute atomic E-state index is 0.108. The molecule has 5 nitrogen and oxygen atoms in total. The number of hydrogen-bond donors (Lipinski definition) is 3. The van der Waals surface area contributed by atoms with Crippen molar-refractivity contribution in [1.29, 1.82) is 0 Å². The van der Waals surface area contributed by atoms with Crippen LogP contribution in [-0.4, -0.2) is 28.4 Å². The molecule has 0 aliphatic heterocycles. The van der Waals surface area contributed by atoms with Crippen LogP contribution in [0.5, 0.6) is 0 Å². The van der Waals surface area contributed by atoms with E-state index in [9.17, 15) is 9.59 Å². The summed E-state index contributed by atoms with van der Waals surface area (Å²) < 4.78 is 0. The van der Waals surface area contributed by atoms with E-state index in [1.807, 2.05) is 0 Å². The van der Waals surface area contributed by atoms with Gasteiger partial charge in [-0.2, -0.15) is 0 Å². The number of aliphatic carboxylic acids is 1. The first-order chi connectivity index (χ1) is 5.75. The summed E-state index contributed by atoms with van der Waals surface area (Å²) in [5, 5.41) is 8.35. The third kappa shape index (κ3) is 4.59. The predicted octanol–water partition coefficient (Wildman–Crippen LogP) is -0.515. The maximum absolute atomic E-state index is 11.3. The summed E-state index contributed by atoms with van der Waals surface area (Å²) >= 11 is 0. The van der Waals surface area contributed by atoms with Crippen LogP contribution in [-0.2, 0) is 9.59 Å². The molecule has 0 radical (unpaired) electrons. The number of carbonyl (C=O) groups excluding carboxylic acids is 1. The summed E-state index contributed by atoms with van der Waals surface area (Å²) in [7, 11) is 0. The lowest BCUT2D eigenvalue weighted by atomic mass is 9.93. The molecule has 5 heteroatoms. The van der Waals surface area contributed by atoms with Crippen molar-refractivity contribution in [3.05, 3.63) is 0 Å². The summed E-state index contributed by atoms with van der Waals surface area (Å²) in [4.78, 5) is 21.5. The highest BCUT2D eigenvalue weighted by molar-refractivity contribution is 5.92. The van der Waals surface area contributed by atoms with Gasteiger partial charge in [0.25, 0.3) is 0 Å². The van der Waals surface area contributed by atoms with Gasteiger partial charge in [0.2, 0.25) is 0 Å². The molecule has 0 amide bonds. The number of ketones is 1. The van der Waals surface area contributed by atoms with Crippen molar-refractivity contribution < 1.29 is 14.7 Å². The molecule has 0 aliphatic carbocycles. The normalized spacial score (nSPS) is 13.8. The zero-order chi connectivity index (χ0) is 10.6. The highest BCUT2D eigenvalue weighted by atomic mass is 16.4. The second kappa shape index (κ2) is 4.34. The average Bonchev–Trinajstić information content (AvgIpc) is 1.96. The molecule has 0 aromatic carbocycles. The zero-order valence-corrected chi connectivity index (χ0v) is 7.91. The Morgan fingerprint density at radius 3 is 2.23 bits per heavy atom. The quantitative estimate of drug-likeness (QED) is 0.538. The van der Waals surface area contributed by atoms with Crippen molar-refractivity contribution in [2.45, 2.75) is 38.3 Å². The predicted molar refractivity (Wildman–Crippen MR) is 48.1 cm³/mol. The topological polar surface area (TPSA) is 106 Å². The van der Waals surface area contributed by atoms with Gasteiger partial charge >= 0.3 is 5.97 Å². The van der Waals surface area contributed by atoms with Crippen LogP contribution in [0.3, 0.4) is 0 Å². The largest absolute Gasteiger partial charge is 0.481 e. The van der Waals surface area contributed by atoms with Crippen molar-refractivity contribution in [3.63, 3.8) is 0 Å². The number of hydrogen-bond acceptors (Lipinski definition) is 4. The zero-order valence-electron chi connectivity index (χ0n) is 7.91. The Labute approximate surface area is 77.1 Å². The molecule has 0 fully saturated rings. The Balaban J connectivity index is 4.05. The second-order valence-corrected chi connectivity index (χ2v) is 3.62. The minimum Gasteiger partial charge on any atom is -0.481 e. The van der Waals surface area contributed by atoms with E-state index in [0.29, 0.717) is 0 Å². The monoisotopic (exact) mass is 188 g/mol. The Kier molecular flexibility index (Phi) is 4.03. The van der Waals surface area contributed by atoms with Crippen LogP contribution in [0.1, 0.15) is 26.7 Å². The molecule has 5 N–H and O–H groups in total. The molecule has 0 saturated carbocycles. The molecule has 0 bridgehead atoms. The Morgan fingerprint density at radius 2 is 1.92 bits per heavy atom. The third-order valence-corrected chi connectivity index (χ3v) is 1.64. The summed E-state index contributed by atoms with van der Waals surface area (Å²) in [5.74, 6) is -1.27. The molecular weight excluding hydrogens is 172 g/mol. The van der Waals surface area contributed by atoms with Crippen LogP contribution < -0.4 is 11.5 Å². The number of nitrogens with two attached hydrogens (primary N) is 2. The molecular formula is C8H16N2O3. The van der Waals surface area contributed by atoms with Crippen LogP contribution >= 0.6 is 0 Å². The fraction of sp³-hybridized carbons (Fsp3) is 0.750. The Hall–Kier alpha value is -0.940. The molecule has 13 heavy (non-hydrogen) atoms. The Bertz CT molecular complexity index is 208. The summed E-state index contributed by atoms with van der Waals surface area (Å²) in [6, 6.07) is -0.781. The van der Waals surface area contributed by atoms with E-state index in [4.69, 9.17) is 16.6 Å². The molecule has 1 atom stereocenters. The average molecular weight is 188 g/mol. The van der Waals surface area contributed by atoms with Crippen LogP contribution in [0.25, 0.3) is 0 Å². The van der Waals surface area contributed by atoms with Gasteiger partial charge < -0.3 is 16.6 Å². The first kappa shape index (κ1) is 12.1. The van der Waals surface area contributed by atoms with Gasteiger partial charge in [-0.15, -0.1) is 0 Å². The highest BCUT2D eigenvalue weighted by Crippen LogP contribution is 2.05. The first-order valence-electron chi connectivity index (χ1n) is 4.05. The van der Waals surface area contributed by atoms with Crippen molar-refractivity contribution in [2.24, 2.45) is 11.5 Å². The maximum atomic E-state index is 11.3. The lowest BCUT2D eigenvalue weighted by molar-refractivity contribution is -0.137. The van der Waals surface area contributed by atoms with Gasteiger partial charge in [0.05, 0.1) is 11.6 Å². The molecule has 0 aromatic rings. The van der Waals surface area contributed by atoms with E-state index >= 15 is 0 Å². The number of carbonyl (C=O) groups is 2. The van der Waals surface area contributed by atoms with E-state index in [0.717, 1.165) is 0 Å². The molecule has 76 valence electrons. The molecule has 0 spiro atoms. The highest BCUT2D eigenvalue weighted by Gasteiger charge is 2.27. The number of carboxylic acid groups (broad SMARTS) is 1. The van der Waals surface area contributed by atoms with Gasteiger partial charge in [0.1, 0.15) is 0 Å². The second-order valence-electron chi connectivity index (χ2n) is 3.62. The molecule has 0 saturated heterocycles. The van der Waals surface area contributed by atoms with E-state index in [2.05, 4.69) is 0 Å². The van der Waals surface area contributed by atoms with Crippen molar-refractivity contribution in [1.82, 2.24) is 0 Å². The van der Waals surface area contributed by atoms with Crippen LogP contribution in [0.2, 0.25) is 0 Å². The lowest BCUT2D eigenvalue weighted by Crippen LogP contribution is -2.50. The van der Waals surface area contributed by atoms with Gasteiger partial charge in [-0.05, 0) is 20.3 Å². The number of carboxylic acids is 1. The van der Waals surface area contributed by atoms with Crippen molar-refractivity contribution in [3.8, 4) is 0 Å². The minimum atomic E-state index is -0.988. The molecule has 0 rings (SSSR count). The summed E-state index contributed by atoms with van der Waals surface area (Å²) in [6.45, 7) is 3.10. The van der Waals surface area contributed by atoms with Crippen LogP contribution in [0.15, 0.2) is 0 Å². The Morgan fingerprint density at radius 1 is 1.46 bits per heavy atom. The first-order valence-corrected chi connectivity index (χ1v) is 4.05. The summed E-state index contributed by atoms with van der Waals surface area (Å²) in [5.41, 5.74) is 9.98. The van der Waals surface area contributed by atoms with Crippen molar-refractivity contribution >= 4 is 11.8 Å². The van der Waals surface area contributed by atoms with Crippen LogP contribution in [0.4, 0.5) is 0 Å². The van der Waals surface area contributed by atoms with Crippen molar-refractivity contribution in [2.75, 3.05) is 0 Å². The summed E-state index contributed by atoms with van der Waals surface area (Å²) in [6.07, 6.45) is 0.0256. The van der Waals surface area contributed by atoms with Gasteiger partial charge in [0.15, 0.2) is 5.78 Å². The third-order valence-electron chi connectivity index (χ3n) is 1.64. The van der Waals surface area contributed by atoms with E-state index in [-0.39, 0.29) is 18.6 Å². The SMILES string of the molecule is CC(C)(N)C(=O)C(N)CCC(=O)O. The van der Waals surface area contributed by atoms with E-state index in [1.54, 1.807) is 13.8 Å². The maximum Gasteiger partial charge on any atom is 0.303 e. The fourth-order valence-corrected chi connectivity index (χ4v) is 0.888. The smallest absolute Gasteiger partial charge is 0.303 e. The standard InChI is InChI=1S/C8H16N2O3/c1-8(2,10)7(13)5(9)3-4-6(11)12/h5H,3-4,9-10H2,1-2H3,(H,11,12). The van der Waals surface area contributed by atoms with Crippen LogP contribution in [0, 0.1) is 0 Å². The number of Topliss-reactive ketones (excluding diaryl/α,β-unsaturated/α-hetero) is 1. The van der Waals surface area contributed by atoms with E-state index in [1.165, 1.54) is 0 Å². The number of rotatable bonds is 5.